The van der Waals surface area contributed by atoms with Gasteiger partial charge < -0.3 is 18.9 Å². The number of hydrogen-bond donors (Lipinski definition) is 0. The van der Waals surface area contributed by atoms with Gasteiger partial charge in [-0.15, -0.1) is 0 Å². The van der Waals surface area contributed by atoms with Crippen molar-refractivity contribution in [2.24, 2.45) is 11.0 Å². The van der Waals surface area contributed by atoms with Crippen LogP contribution in [-0.2, 0) is 19.1 Å². The van der Waals surface area contributed by atoms with Crippen LogP contribution in [0.15, 0.2) is 23.3 Å². The minimum absolute atomic E-state index is 0.132. The summed E-state index contributed by atoms with van der Waals surface area (Å²) in [5.74, 6) is -2.00. The van der Waals surface area contributed by atoms with Gasteiger partial charge in [-0.2, -0.15) is 0 Å². The first-order valence-corrected chi connectivity index (χ1v) is 6.94. The molecule has 1 aromatic carbocycles. The number of esters is 2. The topological polar surface area (TPSA) is 120 Å². The van der Waals surface area contributed by atoms with Gasteiger partial charge in [0.2, 0.25) is 0 Å². The molecule has 1 aromatic rings. The van der Waals surface area contributed by atoms with Crippen LogP contribution in [0, 0.1) is 5.92 Å². The van der Waals surface area contributed by atoms with Gasteiger partial charge in [0, 0.05) is 10.5 Å². The predicted octanol–water partition coefficient (Wildman–Crippen LogP) is 2.41. The van der Waals surface area contributed by atoms with Crippen molar-refractivity contribution in [3.8, 4) is 11.5 Å². The van der Waals surface area contributed by atoms with Crippen LogP contribution in [0.2, 0.25) is 0 Å². The fourth-order valence-electron chi connectivity index (χ4n) is 2.27. The molecule has 9 nitrogen and oxygen atoms in total. The maximum Gasteiger partial charge on any atom is 0.320 e. The molecule has 0 fully saturated rings. The van der Waals surface area contributed by atoms with Crippen LogP contribution >= 0.6 is 0 Å². The maximum atomic E-state index is 11.8. The zero-order chi connectivity index (χ0) is 18.1. The van der Waals surface area contributed by atoms with Crippen molar-refractivity contribution >= 4 is 11.9 Å². The highest BCUT2D eigenvalue weighted by atomic mass is 16.5. The zero-order valence-electron chi connectivity index (χ0n) is 13.9. The Balaban J connectivity index is 3.30. The SMILES string of the molecule is COC(=O)C(CC(N=[N+]=[N-])c1cccc(OC)c1OC)C(=O)OC. The average Bonchev–Trinajstić information content (AvgIpc) is 2.62. The summed E-state index contributed by atoms with van der Waals surface area (Å²) < 4.78 is 19.8. The van der Waals surface area contributed by atoms with Gasteiger partial charge in [-0.1, -0.05) is 17.2 Å². The fourth-order valence-corrected chi connectivity index (χ4v) is 2.27. The summed E-state index contributed by atoms with van der Waals surface area (Å²) in [4.78, 5) is 26.5. The number of carbonyl (C=O) groups excluding carboxylic acids is 2. The molecule has 1 rings (SSSR count). The highest BCUT2D eigenvalue weighted by Gasteiger charge is 2.33. The Morgan fingerprint density at radius 1 is 1.12 bits per heavy atom. The lowest BCUT2D eigenvalue weighted by molar-refractivity contribution is -0.159. The molecule has 24 heavy (non-hydrogen) atoms. The number of carbonyl (C=O) groups is 2. The Morgan fingerprint density at radius 2 is 1.75 bits per heavy atom. The molecular weight excluding hydrogens is 318 g/mol. The third-order valence-corrected chi connectivity index (χ3v) is 3.41. The number of hydrogen-bond acceptors (Lipinski definition) is 7. The number of para-hydroxylation sites is 1. The van der Waals surface area contributed by atoms with E-state index in [4.69, 9.17) is 15.0 Å². The van der Waals surface area contributed by atoms with Crippen molar-refractivity contribution < 1.29 is 28.5 Å². The minimum atomic E-state index is -1.23. The Morgan fingerprint density at radius 3 is 2.21 bits per heavy atom. The van der Waals surface area contributed by atoms with Crippen LogP contribution in [0.3, 0.4) is 0 Å². The number of azide groups is 1. The first kappa shape index (κ1) is 19.1. The molecule has 1 atom stereocenters. The van der Waals surface area contributed by atoms with Gasteiger partial charge in [-0.05, 0) is 18.0 Å². The van der Waals surface area contributed by atoms with E-state index in [2.05, 4.69) is 19.5 Å². The molecule has 0 aliphatic carbocycles. The molecule has 0 spiro atoms. The molecule has 0 saturated heterocycles. The maximum absolute atomic E-state index is 11.8. The molecule has 0 aromatic heterocycles. The van der Waals surface area contributed by atoms with Gasteiger partial charge in [0.25, 0.3) is 0 Å². The Labute approximate surface area is 139 Å². The molecule has 0 bridgehead atoms. The number of methoxy groups -OCH3 is 4. The van der Waals surface area contributed by atoms with Gasteiger partial charge in [0.15, 0.2) is 17.4 Å². The van der Waals surface area contributed by atoms with Gasteiger partial charge in [0.1, 0.15) is 0 Å². The standard InChI is InChI=1S/C15H19N3O6/c1-21-12-7-5-6-9(13(12)22-2)11(17-18-16)8-10(14(19)23-3)15(20)24-4/h5-7,10-11H,8H2,1-4H3. The van der Waals surface area contributed by atoms with Gasteiger partial charge in [0.05, 0.1) is 34.5 Å². The zero-order valence-corrected chi connectivity index (χ0v) is 13.9. The van der Waals surface area contributed by atoms with E-state index in [-0.39, 0.29) is 6.42 Å². The molecule has 130 valence electrons. The third kappa shape index (κ3) is 4.30. The van der Waals surface area contributed by atoms with Crippen LogP contribution in [-0.4, -0.2) is 40.4 Å². The lowest BCUT2D eigenvalue weighted by atomic mass is 9.94. The summed E-state index contributed by atoms with van der Waals surface area (Å²) in [6.45, 7) is 0. The minimum Gasteiger partial charge on any atom is -0.493 e. The molecule has 0 radical (unpaired) electrons. The van der Waals surface area contributed by atoms with Crippen molar-refractivity contribution in [3.63, 3.8) is 0 Å². The molecule has 1 unspecified atom stereocenters. The summed E-state index contributed by atoms with van der Waals surface area (Å²) in [7, 11) is 5.22. The summed E-state index contributed by atoms with van der Waals surface area (Å²) in [5.41, 5.74) is 9.33. The van der Waals surface area contributed by atoms with Crippen molar-refractivity contribution in [1.82, 2.24) is 0 Å². The molecule has 9 heteroatoms. The lowest BCUT2D eigenvalue weighted by Gasteiger charge is -2.20. The predicted molar refractivity (Wildman–Crippen MR) is 83.6 cm³/mol. The van der Waals surface area contributed by atoms with Gasteiger partial charge in [-0.3, -0.25) is 9.59 Å². The number of ether oxygens (including phenoxy) is 4. The number of benzene rings is 1. The van der Waals surface area contributed by atoms with Gasteiger partial charge in [-0.25, -0.2) is 0 Å². The summed E-state index contributed by atoms with van der Waals surface area (Å²) in [6.07, 6.45) is -0.132. The third-order valence-electron chi connectivity index (χ3n) is 3.41. The van der Waals surface area contributed by atoms with Crippen molar-refractivity contribution in [2.75, 3.05) is 28.4 Å². The van der Waals surface area contributed by atoms with Crippen LogP contribution in [0.4, 0.5) is 0 Å². The first-order valence-electron chi connectivity index (χ1n) is 6.94. The summed E-state index contributed by atoms with van der Waals surface area (Å²) in [6, 6.07) is 4.16. The number of rotatable bonds is 8. The van der Waals surface area contributed by atoms with Crippen LogP contribution in [0.5, 0.6) is 11.5 Å². The van der Waals surface area contributed by atoms with Crippen molar-refractivity contribution in [2.45, 2.75) is 12.5 Å². The number of nitrogens with zero attached hydrogens (tertiary/aromatic N) is 3. The molecule has 0 saturated carbocycles. The van der Waals surface area contributed by atoms with Gasteiger partial charge >= 0.3 is 11.9 Å². The Hall–Kier alpha value is -2.93. The second kappa shape index (κ2) is 9.26. The Bertz CT molecular complexity index is 626. The van der Waals surface area contributed by atoms with Crippen LogP contribution in [0.1, 0.15) is 18.0 Å². The smallest absolute Gasteiger partial charge is 0.320 e. The van der Waals surface area contributed by atoms with E-state index in [1.54, 1.807) is 18.2 Å². The fraction of sp³-hybridized carbons (Fsp3) is 0.467. The average molecular weight is 337 g/mol. The van der Waals surface area contributed by atoms with E-state index in [1.165, 1.54) is 14.2 Å². The van der Waals surface area contributed by atoms with Crippen molar-refractivity contribution in [1.29, 1.82) is 0 Å². The second-order valence-electron chi connectivity index (χ2n) is 4.64. The normalized spacial score (nSPS) is 11.2. The molecule has 0 amide bonds. The monoisotopic (exact) mass is 337 g/mol. The molecule has 0 N–H and O–H groups in total. The molecular formula is C15H19N3O6. The van der Waals surface area contributed by atoms with E-state index in [9.17, 15) is 9.59 Å². The lowest BCUT2D eigenvalue weighted by Crippen LogP contribution is -2.28. The molecule has 0 aliphatic rings. The van der Waals surface area contributed by atoms with Crippen LogP contribution < -0.4 is 9.47 Å². The molecule has 0 heterocycles. The van der Waals surface area contributed by atoms with E-state index in [1.807, 2.05) is 0 Å². The van der Waals surface area contributed by atoms with E-state index in [0.29, 0.717) is 17.1 Å². The highest BCUT2D eigenvalue weighted by Crippen LogP contribution is 2.39. The Kier molecular flexibility index (Phi) is 7.38. The highest BCUT2D eigenvalue weighted by molar-refractivity contribution is 5.94. The first-order chi connectivity index (χ1) is 11.5. The second-order valence-corrected chi connectivity index (χ2v) is 4.64. The van der Waals surface area contributed by atoms with E-state index >= 15 is 0 Å². The quantitative estimate of drug-likeness (QED) is 0.236. The summed E-state index contributed by atoms with van der Waals surface area (Å²) >= 11 is 0. The summed E-state index contributed by atoms with van der Waals surface area (Å²) in [5, 5.41) is 3.68. The van der Waals surface area contributed by atoms with Crippen molar-refractivity contribution in [3.05, 3.63) is 34.2 Å². The van der Waals surface area contributed by atoms with E-state index < -0.39 is 23.9 Å². The van der Waals surface area contributed by atoms with Crippen LogP contribution in [0.25, 0.3) is 10.4 Å². The van der Waals surface area contributed by atoms with E-state index in [0.717, 1.165) is 14.2 Å². The largest absolute Gasteiger partial charge is 0.493 e. The molecule has 0 aliphatic heterocycles.